The lowest BCUT2D eigenvalue weighted by molar-refractivity contribution is 0.0332. The molecule has 0 aromatic carbocycles. The summed E-state index contributed by atoms with van der Waals surface area (Å²) in [4.78, 5) is 0. The van der Waals surface area contributed by atoms with Gasteiger partial charge < -0.3 is 10.2 Å². The predicted molar refractivity (Wildman–Crippen MR) is 27.7 cm³/mol. The molecule has 43 valence electrons. The third-order valence-electron chi connectivity index (χ3n) is 0.853. The third kappa shape index (κ3) is 2.60. The molecule has 0 fully saturated rings. The molecule has 2 heteroatoms. The minimum Gasteiger partial charge on any atom is -0.391 e. The third-order valence-corrected chi connectivity index (χ3v) is 0.853. The van der Waals surface area contributed by atoms with E-state index >= 15 is 0 Å². The molecular weight excluding hydrogens is 92.1 g/mol. The van der Waals surface area contributed by atoms with Gasteiger partial charge in [0.15, 0.2) is 0 Å². The minimum absolute atomic E-state index is 0.373. The molecule has 0 aromatic heterocycles. The van der Waals surface area contributed by atoms with E-state index in [1.165, 1.54) is 6.92 Å². The summed E-state index contributed by atoms with van der Waals surface area (Å²) in [6, 6.07) is 0. The lowest BCUT2D eigenvalue weighted by Gasteiger charge is -2.08. The van der Waals surface area contributed by atoms with E-state index in [2.05, 4.69) is 6.92 Å². The highest BCUT2D eigenvalue weighted by molar-refractivity contribution is 4.61. The van der Waals surface area contributed by atoms with Crippen molar-refractivity contribution in [3.63, 3.8) is 0 Å². The van der Waals surface area contributed by atoms with Crippen LogP contribution in [-0.2, 0) is 0 Å². The molecule has 0 aliphatic heterocycles. The molecule has 1 radical (unpaired) electrons. The summed E-state index contributed by atoms with van der Waals surface area (Å²) in [5.74, 6) is 0. The summed E-state index contributed by atoms with van der Waals surface area (Å²) in [6.45, 7) is 4.93. The molecular formula is C5H11O2. The lowest BCUT2D eigenvalue weighted by atomic mass is 10.2. The summed E-state index contributed by atoms with van der Waals surface area (Å²) in [7, 11) is 0. The van der Waals surface area contributed by atoms with Gasteiger partial charge in [0.05, 0.1) is 12.2 Å². The second-order valence-electron chi connectivity index (χ2n) is 1.60. The normalized spacial score (nSPS) is 18.9. The summed E-state index contributed by atoms with van der Waals surface area (Å²) < 4.78 is 0. The molecule has 0 saturated carbocycles. The first kappa shape index (κ1) is 6.92. The zero-order chi connectivity index (χ0) is 5.86. The van der Waals surface area contributed by atoms with Gasteiger partial charge in [0.2, 0.25) is 0 Å². The predicted octanol–water partition coefficient (Wildman–Crippen LogP) is -0.0477. The quantitative estimate of drug-likeness (QED) is 0.514. The fraction of sp³-hybridized carbons (Fsp3) is 0.800. The maximum Gasteiger partial charge on any atom is 0.0796 e. The number of hydrogen-bond acceptors (Lipinski definition) is 2. The van der Waals surface area contributed by atoms with E-state index in [4.69, 9.17) is 10.2 Å². The van der Waals surface area contributed by atoms with Gasteiger partial charge in [-0.05, 0) is 13.3 Å². The Morgan fingerprint density at radius 3 is 2.00 bits per heavy atom. The fourth-order valence-corrected chi connectivity index (χ4v) is 0.241. The van der Waals surface area contributed by atoms with Gasteiger partial charge in [0.25, 0.3) is 0 Å². The van der Waals surface area contributed by atoms with Crippen molar-refractivity contribution in [1.82, 2.24) is 0 Å². The molecule has 7 heavy (non-hydrogen) atoms. The molecule has 2 unspecified atom stereocenters. The molecule has 0 amide bonds. The zero-order valence-electron chi connectivity index (χ0n) is 4.46. The topological polar surface area (TPSA) is 40.5 Å². The summed E-state index contributed by atoms with van der Waals surface area (Å²) in [6.07, 6.45) is -0.921. The van der Waals surface area contributed by atoms with Gasteiger partial charge in [-0.1, -0.05) is 6.92 Å². The van der Waals surface area contributed by atoms with Crippen molar-refractivity contribution in [3.05, 3.63) is 6.92 Å². The van der Waals surface area contributed by atoms with E-state index < -0.39 is 12.2 Å². The van der Waals surface area contributed by atoms with E-state index in [1.807, 2.05) is 0 Å². The summed E-state index contributed by atoms with van der Waals surface area (Å²) >= 11 is 0. The average Bonchev–Trinajstić information content (AvgIpc) is 1.65. The molecule has 2 atom stereocenters. The zero-order valence-corrected chi connectivity index (χ0v) is 4.46. The van der Waals surface area contributed by atoms with Crippen LogP contribution in [0.25, 0.3) is 0 Å². The van der Waals surface area contributed by atoms with Crippen molar-refractivity contribution in [1.29, 1.82) is 0 Å². The largest absolute Gasteiger partial charge is 0.391 e. The molecule has 0 spiro atoms. The Hall–Kier alpha value is -0.0800. The summed E-state index contributed by atoms with van der Waals surface area (Å²) in [5, 5.41) is 17.2. The molecule has 0 aliphatic rings. The Bertz CT molecular complexity index is 43.3. The van der Waals surface area contributed by atoms with Crippen LogP contribution in [-0.4, -0.2) is 22.4 Å². The van der Waals surface area contributed by atoms with Gasteiger partial charge in [0.1, 0.15) is 0 Å². The SMILES string of the molecule is [CH2]CC(O)C(C)O. The van der Waals surface area contributed by atoms with Crippen molar-refractivity contribution in [3.8, 4) is 0 Å². The Morgan fingerprint density at radius 2 is 2.00 bits per heavy atom. The molecule has 2 N–H and O–H groups in total. The van der Waals surface area contributed by atoms with Gasteiger partial charge >= 0.3 is 0 Å². The highest BCUT2D eigenvalue weighted by Gasteiger charge is 2.05. The first-order valence-electron chi connectivity index (χ1n) is 2.34. The van der Waals surface area contributed by atoms with Crippen LogP contribution in [0.1, 0.15) is 13.3 Å². The van der Waals surface area contributed by atoms with Crippen LogP contribution in [0.5, 0.6) is 0 Å². The van der Waals surface area contributed by atoms with Gasteiger partial charge in [-0.25, -0.2) is 0 Å². The van der Waals surface area contributed by atoms with Crippen molar-refractivity contribution in [2.45, 2.75) is 25.6 Å². The molecule has 0 bridgehead atoms. The standard InChI is InChI=1S/C5H11O2/c1-3-5(7)4(2)6/h4-7H,1,3H2,2H3. The van der Waals surface area contributed by atoms with Gasteiger partial charge in [0, 0.05) is 0 Å². The first-order chi connectivity index (χ1) is 3.18. The van der Waals surface area contributed by atoms with Crippen molar-refractivity contribution < 1.29 is 10.2 Å². The van der Waals surface area contributed by atoms with E-state index in [-0.39, 0.29) is 0 Å². The highest BCUT2D eigenvalue weighted by Crippen LogP contribution is 1.94. The van der Waals surface area contributed by atoms with Crippen LogP contribution in [0.3, 0.4) is 0 Å². The first-order valence-corrected chi connectivity index (χ1v) is 2.34. The van der Waals surface area contributed by atoms with E-state index in [0.29, 0.717) is 6.42 Å². The van der Waals surface area contributed by atoms with Crippen LogP contribution in [0.4, 0.5) is 0 Å². The second-order valence-corrected chi connectivity index (χ2v) is 1.60. The van der Waals surface area contributed by atoms with Crippen molar-refractivity contribution in [2.24, 2.45) is 0 Å². The fourth-order valence-electron chi connectivity index (χ4n) is 0.241. The van der Waals surface area contributed by atoms with Crippen molar-refractivity contribution in [2.75, 3.05) is 0 Å². The number of rotatable bonds is 2. The average molecular weight is 103 g/mol. The van der Waals surface area contributed by atoms with E-state index in [0.717, 1.165) is 0 Å². The molecule has 2 nitrogen and oxygen atoms in total. The molecule has 0 saturated heterocycles. The maximum absolute atomic E-state index is 8.62. The molecule has 0 aliphatic carbocycles. The van der Waals surface area contributed by atoms with Gasteiger partial charge in [-0.2, -0.15) is 0 Å². The second kappa shape index (κ2) is 2.99. The molecule has 0 aromatic rings. The lowest BCUT2D eigenvalue weighted by Crippen LogP contribution is -2.20. The number of aliphatic hydroxyl groups is 2. The van der Waals surface area contributed by atoms with Crippen LogP contribution in [0.15, 0.2) is 0 Å². The van der Waals surface area contributed by atoms with Crippen LogP contribution in [0.2, 0.25) is 0 Å². The monoisotopic (exact) mass is 103 g/mol. The van der Waals surface area contributed by atoms with Gasteiger partial charge in [-0.15, -0.1) is 0 Å². The summed E-state index contributed by atoms with van der Waals surface area (Å²) in [5.41, 5.74) is 0. The number of hydrogen-bond donors (Lipinski definition) is 2. The van der Waals surface area contributed by atoms with Crippen LogP contribution < -0.4 is 0 Å². The highest BCUT2D eigenvalue weighted by atomic mass is 16.3. The maximum atomic E-state index is 8.62. The molecule has 0 heterocycles. The minimum atomic E-state index is -0.653. The Labute approximate surface area is 43.8 Å². The Kier molecular flexibility index (Phi) is 2.96. The van der Waals surface area contributed by atoms with Crippen molar-refractivity contribution >= 4 is 0 Å². The van der Waals surface area contributed by atoms with Crippen LogP contribution >= 0.6 is 0 Å². The smallest absolute Gasteiger partial charge is 0.0796 e. The number of aliphatic hydroxyl groups excluding tert-OH is 2. The van der Waals surface area contributed by atoms with E-state index in [1.54, 1.807) is 0 Å². The Morgan fingerprint density at radius 1 is 1.57 bits per heavy atom. The Balaban J connectivity index is 3.14. The van der Waals surface area contributed by atoms with Crippen LogP contribution in [0, 0.1) is 6.92 Å². The van der Waals surface area contributed by atoms with Gasteiger partial charge in [-0.3, -0.25) is 0 Å². The molecule has 0 rings (SSSR count). The van der Waals surface area contributed by atoms with E-state index in [9.17, 15) is 0 Å².